The van der Waals surface area contributed by atoms with E-state index in [9.17, 15) is 10.2 Å². The Morgan fingerprint density at radius 3 is 2.57 bits per heavy atom. The summed E-state index contributed by atoms with van der Waals surface area (Å²) in [6, 6.07) is 13.8. The Balaban J connectivity index is 1.47. The van der Waals surface area contributed by atoms with Gasteiger partial charge in [0.15, 0.2) is 0 Å². The highest BCUT2D eigenvalue weighted by molar-refractivity contribution is 5.22. The fourth-order valence-electron chi connectivity index (χ4n) is 4.39. The van der Waals surface area contributed by atoms with Crippen LogP contribution in [0.2, 0.25) is 0 Å². The number of para-hydroxylation sites is 1. The second-order valence-electron chi connectivity index (χ2n) is 7.80. The van der Waals surface area contributed by atoms with Crippen LogP contribution >= 0.6 is 0 Å². The number of pyridine rings is 1. The minimum atomic E-state index is -0.582. The van der Waals surface area contributed by atoms with Crippen molar-refractivity contribution >= 4 is 0 Å². The number of rotatable bonds is 6. The lowest BCUT2D eigenvalue weighted by Crippen LogP contribution is -2.55. The molecular formula is C22H29N3O3. The van der Waals surface area contributed by atoms with Crippen molar-refractivity contribution in [2.24, 2.45) is 0 Å². The standard InChI is InChI=1S/C22H29N3O3/c26-17-8-11-25(12-9-17)21-19(24-15-16-5-4-10-23-14-16)13-20(22(21)27)28-18-6-2-1-3-7-18/h1-7,10,14,17,19-22,24,26-27H,8-9,11-13,15H2/t19-,20-,21+,22+/m1/s1. The monoisotopic (exact) mass is 383 g/mol. The van der Waals surface area contributed by atoms with Gasteiger partial charge in [0.05, 0.1) is 12.1 Å². The zero-order valence-electron chi connectivity index (χ0n) is 16.0. The molecule has 2 aliphatic rings. The number of aliphatic hydroxyl groups excluding tert-OH is 2. The van der Waals surface area contributed by atoms with Gasteiger partial charge < -0.3 is 20.3 Å². The first-order valence-corrected chi connectivity index (χ1v) is 10.1. The quantitative estimate of drug-likeness (QED) is 0.703. The number of nitrogens with one attached hydrogen (secondary N) is 1. The van der Waals surface area contributed by atoms with Crippen LogP contribution in [0.1, 0.15) is 24.8 Å². The molecule has 4 atom stereocenters. The summed E-state index contributed by atoms with van der Waals surface area (Å²) in [7, 11) is 0. The SMILES string of the molecule is OC1CCN([C@@H]2[C@@H](O)[C@H](Oc3ccccc3)C[C@H]2NCc2cccnc2)CC1. The van der Waals surface area contributed by atoms with E-state index in [2.05, 4.69) is 21.3 Å². The molecule has 0 spiro atoms. The maximum atomic E-state index is 11.1. The van der Waals surface area contributed by atoms with Gasteiger partial charge in [0.2, 0.25) is 0 Å². The average molecular weight is 383 g/mol. The molecule has 1 saturated carbocycles. The van der Waals surface area contributed by atoms with Gasteiger partial charge >= 0.3 is 0 Å². The number of aromatic nitrogens is 1. The zero-order valence-corrected chi connectivity index (χ0v) is 16.0. The molecular weight excluding hydrogens is 354 g/mol. The third-order valence-electron chi connectivity index (χ3n) is 5.87. The second kappa shape index (κ2) is 9.01. The fourth-order valence-corrected chi connectivity index (χ4v) is 4.39. The highest BCUT2D eigenvalue weighted by atomic mass is 16.5. The fraction of sp³-hybridized carbons (Fsp3) is 0.500. The Bertz CT molecular complexity index is 722. The molecule has 6 nitrogen and oxygen atoms in total. The summed E-state index contributed by atoms with van der Waals surface area (Å²) < 4.78 is 6.13. The van der Waals surface area contributed by atoms with E-state index in [1.54, 1.807) is 6.20 Å². The molecule has 1 aliphatic carbocycles. The summed E-state index contributed by atoms with van der Waals surface area (Å²) >= 11 is 0. The Hall–Kier alpha value is -1.99. The number of hydrogen-bond donors (Lipinski definition) is 3. The molecule has 0 unspecified atom stereocenters. The van der Waals surface area contributed by atoms with Crippen LogP contribution in [0.4, 0.5) is 0 Å². The third-order valence-corrected chi connectivity index (χ3v) is 5.87. The van der Waals surface area contributed by atoms with Crippen LogP contribution in [0.15, 0.2) is 54.9 Å². The summed E-state index contributed by atoms with van der Waals surface area (Å²) in [5.74, 6) is 0.785. The lowest BCUT2D eigenvalue weighted by molar-refractivity contribution is -0.0148. The molecule has 0 bridgehead atoms. The van der Waals surface area contributed by atoms with E-state index in [1.165, 1.54) is 0 Å². The maximum Gasteiger partial charge on any atom is 0.128 e. The van der Waals surface area contributed by atoms with Crippen LogP contribution in [-0.4, -0.2) is 63.6 Å². The maximum absolute atomic E-state index is 11.1. The molecule has 1 saturated heterocycles. The van der Waals surface area contributed by atoms with Crippen molar-refractivity contribution in [3.8, 4) is 5.75 Å². The molecule has 28 heavy (non-hydrogen) atoms. The molecule has 1 aliphatic heterocycles. The number of piperidine rings is 1. The van der Waals surface area contributed by atoms with Crippen molar-refractivity contribution in [2.75, 3.05) is 13.1 Å². The van der Waals surface area contributed by atoms with Crippen molar-refractivity contribution in [2.45, 2.75) is 56.2 Å². The Kier molecular flexibility index (Phi) is 6.22. The number of aliphatic hydroxyl groups is 2. The minimum absolute atomic E-state index is 0.0297. The number of benzene rings is 1. The first-order valence-electron chi connectivity index (χ1n) is 10.1. The molecule has 6 heteroatoms. The molecule has 1 aromatic heterocycles. The van der Waals surface area contributed by atoms with Gasteiger partial charge in [0.25, 0.3) is 0 Å². The van der Waals surface area contributed by atoms with Crippen LogP contribution in [0.25, 0.3) is 0 Å². The van der Waals surface area contributed by atoms with E-state index in [1.807, 2.05) is 42.6 Å². The van der Waals surface area contributed by atoms with Crippen LogP contribution in [0, 0.1) is 0 Å². The minimum Gasteiger partial charge on any atom is -0.488 e. The summed E-state index contributed by atoms with van der Waals surface area (Å²) in [6.07, 6.45) is 4.81. The molecule has 1 aromatic carbocycles. The van der Waals surface area contributed by atoms with Gasteiger partial charge in [-0.3, -0.25) is 9.88 Å². The van der Waals surface area contributed by atoms with Gasteiger partial charge in [0.1, 0.15) is 18.0 Å². The molecule has 2 aromatic rings. The molecule has 0 radical (unpaired) electrons. The summed E-state index contributed by atoms with van der Waals surface area (Å²) in [5, 5.41) is 24.6. The molecule has 4 rings (SSSR count). The first kappa shape index (κ1) is 19.3. The molecule has 150 valence electrons. The number of hydrogen-bond acceptors (Lipinski definition) is 6. The predicted molar refractivity (Wildman–Crippen MR) is 107 cm³/mol. The van der Waals surface area contributed by atoms with E-state index in [4.69, 9.17) is 4.74 Å². The second-order valence-corrected chi connectivity index (χ2v) is 7.80. The Morgan fingerprint density at radius 2 is 1.86 bits per heavy atom. The highest BCUT2D eigenvalue weighted by Crippen LogP contribution is 2.31. The van der Waals surface area contributed by atoms with Gasteiger partial charge in [-0.25, -0.2) is 0 Å². The van der Waals surface area contributed by atoms with Gasteiger partial charge in [-0.1, -0.05) is 24.3 Å². The highest BCUT2D eigenvalue weighted by Gasteiger charge is 2.47. The van der Waals surface area contributed by atoms with Gasteiger partial charge in [-0.15, -0.1) is 0 Å². The van der Waals surface area contributed by atoms with Crippen LogP contribution in [0.5, 0.6) is 5.75 Å². The van der Waals surface area contributed by atoms with Crippen LogP contribution in [-0.2, 0) is 6.54 Å². The van der Waals surface area contributed by atoms with Gasteiger partial charge in [0, 0.05) is 44.5 Å². The summed E-state index contributed by atoms with van der Waals surface area (Å²) in [4.78, 5) is 6.49. The van der Waals surface area contributed by atoms with Crippen molar-refractivity contribution in [1.82, 2.24) is 15.2 Å². The van der Waals surface area contributed by atoms with Crippen molar-refractivity contribution < 1.29 is 14.9 Å². The van der Waals surface area contributed by atoms with Crippen molar-refractivity contribution in [1.29, 1.82) is 0 Å². The third kappa shape index (κ3) is 4.52. The topological polar surface area (TPSA) is 77.9 Å². The van der Waals surface area contributed by atoms with Crippen molar-refractivity contribution in [3.63, 3.8) is 0 Å². The zero-order chi connectivity index (χ0) is 19.3. The largest absolute Gasteiger partial charge is 0.488 e. The number of nitrogens with zero attached hydrogens (tertiary/aromatic N) is 2. The van der Waals surface area contributed by atoms with E-state index in [-0.39, 0.29) is 24.3 Å². The first-order chi connectivity index (χ1) is 13.7. The molecule has 3 N–H and O–H groups in total. The number of ether oxygens (including phenoxy) is 1. The molecule has 0 amide bonds. The van der Waals surface area contributed by atoms with Crippen LogP contribution < -0.4 is 10.1 Å². The van der Waals surface area contributed by atoms with Crippen LogP contribution in [0.3, 0.4) is 0 Å². The van der Waals surface area contributed by atoms with Gasteiger partial charge in [-0.2, -0.15) is 0 Å². The Morgan fingerprint density at radius 1 is 1.07 bits per heavy atom. The van der Waals surface area contributed by atoms with E-state index < -0.39 is 6.10 Å². The summed E-state index contributed by atoms with van der Waals surface area (Å²) in [6.45, 7) is 2.30. The number of likely N-dealkylation sites (tertiary alicyclic amines) is 1. The Labute approximate surface area is 166 Å². The average Bonchev–Trinajstić information content (AvgIpc) is 3.04. The lowest BCUT2D eigenvalue weighted by Gasteiger charge is -2.39. The van der Waals surface area contributed by atoms with Crippen molar-refractivity contribution in [3.05, 3.63) is 60.4 Å². The predicted octanol–water partition coefficient (Wildman–Crippen LogP) is 1.58. The lowest BCUT2D eigenvalue weighted by atomic mass is 10.0. The molecule has 2 fully saturated rings. The summed E-state index contributed by atoms with van der Waals surface area (Å²) in [5.41, 5.74) is 1.12. The van der Waals surface area contributed by atoms with E-state index in [0.29, 0.717) is 6.54 Å². The van der Waals surface area contributed by atoms with Gasteiger partial charge in [-0.05, 0) is 36.6 Å². The molecule has 2 heterocycles. The van der Waals surface area contributed by atoms with E-state index >= 15 is 0 Å². The normalized spacial score (nSPS) is 29.1. The van der Waals surface area contributed by atoms with E-state index in [0.717, 1.165) is 43.7 Å². The smallest absolute Gasteiger partial charge is 0.128 e.